The summed E-state index contributed by atoms with van der Waals surface area (Å²) >= 11 is 1.45. The summed E-state index contributed by atoms with van der Waals surface area (Å²) in [4.78, 5) is 16.1. The van der Waals surface area contributed by atoms with E-state index in [0.717, 1.165) is 5.75 Å². The molecule has 0 spiro atoms. The molecule has 1 rings (SSSR count). The van der Waals surface area contributed by atoms with Crippen molar-refractivity contribution < 1.29 is 9.53 Å². The number of thioether (sulfide) groups is 1. The Bertz CT molecular complexity index is 558. The van der Waals surface area contributed by atoms with Crippen LogP contribution in [0.2, 0.25) is 0 Å². The van der Waals surface area contributed by atoms with Gasteiger partial charge in [-0.2, -0.15) is 10.5 Å². The Kier molecular flexibility index (Phi) is 5.84. The van der Waals surface area contributed by atoms with E-state index in [1.165, 1.54) is 11.8 Å². The predicted molar refractivity (Wildman–Crippen MR) is 70.4 cm³/mol. The molecule has 1 heterocycles. The largest absolute Gasteiger partial charge is 0.466 e. The van der Waals surface area contributed by atoms with Crippen molar-refractivity contribution in [2.24, 2.45) is 0 Å². The number of pyridine rings is 1. The van der Waals surface area contributed by atoms with Crippen molar-refractivity contribution in [1.82, 2.24) is 4.98 Å². The zero-order chi connectivity index (χ0) is 14.3. The molecule has 0 N–H and O–H groups in total. The van der Waals surface area contributed by atoms with Crippen molar-refractivity contribution in [2.45, 2.75) is 25.2 Å². The van der Waals surface area contributed by atoms with Gasteiger partial charge in [-0.3, -0.25) is 4.79 Å². The summed E-state index contributed by atoms with van der Waals surface area (Å²) in [5.41, 5.74) is 0.817. The van der Waals surface area contributed by atoms with Crippen LogP contribution in [0.15, 0.2) is 11.0 Å². The van der Waals surface area contributed by atoms with Crippen LogP contribution in [0.5, 0.6) is 0 Å². The Hall–Kier alpha value is -2.05. The molecule has 0 aliphatic rings. The van der Waals surface area contributed by atoms with Crippen molar-refractivity contribution >= 4 is 17.7 Å². The SMILES string of the molecule is CCOC(=O)Cc1cc(SCC)c(C#N)nc1C#N. The minimum absolute atomic E-state index is 0.00723. The maximum atomic E-state index is 11.5. The summed E-state index contributed by atoms with van der Waals surface area (Å²) in [5.74, 6) is 0.374. The standard InChI is InChI=1S/C13H13N3O2S/c1-3-18-13(17)6-9-5-12(19-4-2)11(8-15)16-10(9)7-14/h5H,3-4,6H2,1-2H3. The van der Waals surface area contributed by atoms with Gasteiger partial charge in [-0.15, -0.1) is 11.8 Å². The number of hydrogen-bond donors (Lipinski definition) is 0. The number of carbonyl (C=O) groups excluding carboxylic acids is 1. The molecular formula is C13H13N3O2S. The normalized spacial score (nSPS) is 9.47. The van der Waals surface area contributed by atoms with Gasteiger partial charge < -0.3 is 4.74 Å². The summed E-state index contributed by atoms with van der Waals surface area (Å²) in [5, 5.41) is 18.0. The summed E-state index contributed by atoms with van der Waals surface area (Å²) in [7, 11) is 0. The zero-order valence-electron chi connectivity index (χ0n) is 10.8. The molecular weight excluding hydrogens is 262 g/mol. The quantitative estimate of drug-likeness (QED) is 0.603. The monoisotopic (exact) mass is 275 g/mol. The van der Waals surface area contributed by atoms with Crippen molar-refractivity contribution in [3.05, 3.63) is 23.0 Å². The molecule has 0 radical (unpaired) electrons. The van der Waals surface area contributed by atoms with Crippen LogP contribution in [0.3, 0.4) is 0 Å². The minimum Gasteiger partial charge on any atom is -0.466 e. The molecule has 1 aromatic rings. The van der Waals surface area contributed by atoms with E-state index in [2.05, 4.69) is 4.98 Å². The molecule has 0 aromatic carbocycles. The predicted octanol–water partition coefficient (Wildman–Crippen LogP) is 2.04. The minimum atomic E-state index is -0.405. The molecule has 0 amide bonds. The maximum Gasteiger partial charge on any atom is 0.310 e. The van der Waals surface area contributed by atoms with E-state index in [1.807, 2.05) is 19.1 Å². The molecule has 5 nitrogen and oxygen atoms in total. The third-order valence-corrected chi connectivity index (χ3v) is 3.13. The first-order valence-electron chi connectivity index (χ1n) is 5.78. The van der Waals surface area contributed by atoms with E-state index in [1.54, 1.807) is 13.0 Å². The average molecular weight is 275 g/mol. The summed E-state index contributed by atoms with van der Waals surface area (Å²) < 4.78 is 4.85. The van der Waals surface area contributed by atoms with E-state index < -0.39 is 5.97 Å². The highest BCUT2D eigenvalue weighted by molar-refractivity contribution is 7.99. The van der Waals surface area contributed by atoms with Crippen LogP contribution < -0.4 is 0 Å². The number of nitriles is 2. The van der Waals surface area contributed by atoms with Crippen LogP contribution >= 0.6 is 11.8 Å². The Morgan fingerprint density at radius 3 is 2.58 bits per heavy atom. The number of rotatable bonds is 5. The molecule has 0 atom stereocenters. The first-order valence-corrected chi connectivity index (χ1v) is 6.77. The van der Waals surface area contributed by atoms with Gasteiger partial charge >= 0.3 is 5.97 Å². The van der Waals surface area contributed by atoms with Crippen LogP contribution in [-0.4, -0.2) is 23.3 Å². The number of carbonyl (C=O) groups is 1. The molecule has 0 saturated carbocycles. The van der Waals surface area contributed by atoms with Crippen LogP contribution in [0, 0.1) is 22.7 Å². The molecule has 0 unspecified atom stereocenters. The molecule has 6 heteroatoms. The average Bonchev–Trinajstić information content (AvgIpc) is 2.39. The van der Waals surface area contributed by atoms with E-state index >= 15 is 0 Å². The van der Waals surface area contributed by atoms with Gasteiger partial charge in [0.1, 0.15) is 17.8 Å². The topological polar surface area (TPSA) is 86.8 Å². The van der Waals surface area contributed by atoms with Crippen LogP contribution in [-0.2, 0) is 16.0 Å². The van der Waals surface area contributed by atoms with Gasteiger partial charge in [0.2, 0.25) is 0 Å². The Morgan fingerprint density at radius 1 is 1.37 bits per heavy atom. The van der Waals surface area contributed by atoms with Crippen molar-refractivity contribution in [3.63, 3.8) is 0 Å². The van der Waals surface area contributed by atoms with Gasteiger partial charge in [-0.1, -0.05) is 6.92 Å². The third kappa shape index (κ3) is 3.97. The smallest absolute Gasteiger partial charge is 0.310 e. The van der Waals surface area contributed by atoms with E-state index in [4.69, 9.17) is 15.3 Å². The summed E-state index contributed by atoms with van der Waals surface area (Å²) in [6, 6.07) is 5.55. The molecule has 19 heavy (non-hydrogen) atoms. The van der Waals surface area contributed by atoms with Crippen LogP contribution in [0.25, 0.3) is 0 Å². The second kappa shape index (κ2) is 7.40. The number of hydrogen-bond acceptors (Lipinski definition) is 6. The van der Waals surface area contributed by atoms with Crippen molar-refractivity contribution in [2.75, 3.05) is 12.4 Å². The molecule has 0 saturated heterocycles. The Labute approximate surface area is 116 Å². The highest BCUT2D eigenvalue weighted by atomic mass is 32.2. The Balaban J connectivity index is 3.16. The first-order chi connectivity index (χ1) is 9.15. The van der Waals surface area contributed by atoms with Gasteiger partial charge in [-0.25, -0.2) is 4.98 Å². The van der Waals surface area contributed by atoms with Crippen molar-refractivity contribution in [3.8, 4) is 12.1 Å². The highest BCUT2D eigenvalue weighted by Gasteiger charge is 2.15. The van der Waals surface area contributed by atoms with Gasteiger partial charge in [0.25, 0.3) is 0 Å². The molecule has 0 aliphatic heterocycles. The van der Waals surface area contributed by atoms with E-state index in [-0.39, 0.29) is 17.8 Å². The Morgan fingerprint density at radius 2 is 2.05 bits per heavy atom. The number of nitrogens with zero attached hydrogens (tertiary/aromatic N) is 3. The molecule has 1 aromatic heterocycles. The summed E-state index contributed by atoms with van der Waals surface area (Å²) in [6.45, 7) is 3.97. The molecule has 98 valence electrons. The van der Waals surface area contributed by atoms with Crippen LogP contribution in [0.1, 0.15) is 30.8 Å². The fourth-order valence-corrected chi connectivity index (χ4v) is 2.24. The van der Waals surface area contributed by atoms with Gasteiger partial charge in [0.15, 0.2) is 5.69 Å². The number of esters is 1. The number of ether oxygens (including phenoxy) is 1. The molecule has 0 fully saturated rings. The van der Waals surface area contributed by atoms with Crippen LogP contribution in [0.4, 0.5) is 0 Å². The zero-order valence-corrected chi connectivity index (χ0v) is 11.6. The van der Waals surface area contributed by atoms with E-state index in [9.17, 15) is 4.79 Å². The van der Waals surface area contributed by atoms with Gasteiger partial charge in [-0.05, 0) is 18.7 Å². The van der Waals surface area contributed by atoms with E-state index in [0.29, 0.717) is 17.1 Å². The molecule has 0 bridgehead atoms. The number of aromatic nitrogens is 1. The third-order valence-electron chi connectivity index (χ3n) is 2.22. The summed E-state index contributed by atoms with van der Waals surface area (Å²) in [6.07, 6.45) is -0.00723. The second-order valence-electron chi connectivity index (χ2n) is 3.48. The molecule has 0 aliphatic carbocycles. The lowest BCUT2D eigenvalue weighted by Crippen LogP contribution is -2.10. The lowest BCUT2D eigenvalue weighted by molar-refractivity contribution is -0.142. The lowest BCUT2D eigenvalue weighted by atomic mass is 10.1. The fourth-order valence-electron chi connectivity index (χ4n) is 1.48. The van der Waals surface area contributed by atoms with Crippen molar-refractivity contribution in [1.29, 1.82) is 10.5 Å². The van der Waals surface area contributed by atoms with Gasteiger partial charge in [0.05, 0.1) is 13.0 Å². The van der Waals surface area contributed by atoms with Gasteiger partial charge in [0, 0.05) is 10.5 Å². The first kappa shape index (κ1) is 15.0. The second-order valence-corrected chi connectivity index (χ2v) is 4.79. The fraction of sp³-hybridized carbons (Fsp3) is 0.385. The lowest BCUT2D eigenvalue weighted by Gasteiger charge is -2.07. The highest BCUT2D eigenvalue weighted by Crippen LogP contribution is 2.24. The maximum absolute atomic E-state index is 11.5.